The van der Waals surface area contributed by atoms with Crippen LogP contribution in [-0.4, -0.2) is 37.1 Å². The van der Waals surface area contributed by atoms with Crippen molar-refractivity contribution in [2.24, 2.45) is 5.41 Å². The van der Waals surface area contributed by atoms with Gasteiger partial charge in [0.25, 0.3) is 0 Å². The number of hydrogen-bond donors (Lipinski definition) is 1. The maximum atomic E-state index is 3.63. The third-order valence-electron chi connectivity index (χ3n) is 5.64. The molecule has 2 heterocycles. The number of piperidine rings is 1. The van der Waals surface area contributed by atoms with Gasteiger partial charge in [-0.25, -0.2) is 0 Å². The Morgan fingerprint density at radius 1 is 1.15 bits per heavy atom. The molecule has 1 aliphatic carbocycles. The second kappa shape index (κ2) is 5.11. The van der Waals surface area contributed by atoms with Crippen molar-refractivity contribution in [2.75, 3.05) is 26.2 Å². The molecule has 0 amide bonds. The Labute approximate surface area is 130 Å². The molecule has 1 spiro atoms. The molecule has 3 fully saturated rings. The molecule has 1 aromatic carbocycles. The Hall–Kier alpha value is -0.380. The van der Waals surface area contributed by atoms with E-state index >= 15 is 0 Å². The lowest BCUT2D eigenvalue weighted by Gasteiger charge is -2.42. The lowest BCUT2D eigenvalue weighted by atomic mass is 9.67. The van der Waals surface area contributed by atoms with Gasteiger partial charge in [-0.05, 0) is 61.9 Å². The number of likely N-dealkylation sites (tertiary alicyclic amines) is 1. The molecule has 2 unspecified atom stereocenters. The second-order valence-electron chi connectivity index (χ2n) is 6.87. The molecular weight excluding hydrogens is 312 g/mol. The summed E-state index contributed by atoms with van der Waals surface area (Å²) in [5, 5.41) is 3.63. The lowest BCUT2D eigenvalue weighted by Crippen LogP contribution is -2.45. The summed E-state index contributed by atoms with van der Waals surface area (Å²) in [6.07, 6.45) is 5.62. The molecule has 1 aromatic rings. The first-order chi connectivity index (χ1) is 9.77. The van der Waals surface area contributed by atoms with E-state index in [4.69, 9.17) is 0 Å². The van der Waals surface area contributed by atoms with Gasteiger partial charge >= 0.3 is 0 Å². The van der Waals surface area contributed by atoms with Gasteiger partial charge in [0.2, 0.25) is 0 Å². The maximum absolute atomic E-state index is 3.63. The Morgan fingerprint density at radius 2 is 1.95 bits per heavy atom. The van der Waals surface area contributed by atoms with Crippen molar-refractivity contribution >= 4 is 15.9 Å². The van der Waals surface area contributed by atoms with Crippen molar-refractivity contribution < 1.29 is 0 Å². The highest BCUT2D eigenvalue weighted by Crippen LogP contribution is 2.49. The number of nitrogens with zero attached hydrogens (tertiary/aromatic N) is 1. The van der Waals surface area contributed by atoms with E-state index in [0.717, 1.165) is 12.6 Å². The minimum Gasteiger partial charge on any atom is -0.316 e. The predicted octanol–water partition coefficient (Wildman–Crippen LogP) is 3.38. The fourth-order valence-corrected chi connectivity index (χ4v) is 4.57. The first-order valence-electron chi connectivity index (χ1n) is 7.97. The minimum atomic E-state index is 0.529. The zero-order valence-electron chi connectivity index (χ0n) is 11.9. The minimum absolute atomic E-state index is 0.529. The molecule has 2 atom stereocenters. The van der Waals surface area contributed by atoms with Crippen LogP contribution in [-0.2, 0) is 0 Å². The summed E-state index contributed by atoms with van der Waals surface area (Å²) >= 11 is 3.56. The number of rotatable bonds is 2. The highest BCUT2D eigenvalue weighted by Gasteiger charge is 2.48. The largest absolute Gasteiger partial charge is 0.316 e. The van der Waals surface area contributed by atoms with Gasteiger partial charge in [-0.15, -0.1) is 0 Å². The summed E-state index contributed by atoms with van der Waals surface area (Å²) in [6, 6.07) is 9.97. The zero-order valence-corrected chi connectivity index (χ0v) is 13.5. The predicted molar refractivity (Wildman–Crippen MR) is 86.0 cm³/mol. The van der Waals surface area contributed by atoms with Crippen LogP contribution in [0.4, 0.5) is 0 Å². The SMILES string of the molecule is Brc1ccc(C2CNCCC23CCN(C2CC2)C3)cc1. The fraction of sp³-hybridized carbons (Fsp3) is 0.647. The number of hydrogen-bond acceptors (Lipinski definition) is 2. The van der Waals surface area contributed by atoms with Crippen LogP contribution in [0, 0.1) is 5.41 Å². The molecule has 2 nitrogen and oxygen atoms in total. The quantitative estimate of drug-likeness (QED) is 0.891. The van der Waals surface area contributed by atoms with E-state index in [9.17, 15) is 0 Å². The average molecular weight is 335 g/mol. The summed E-state index contributed by atoms with van der Waals surface area (Å²) in [4.78, 5) is 2.77. The van der Waals surface area contributed by atoms with Crippen molar-refractivity contribution in [3.63, 3.8) is 0 Å². The van der Waals surface area contributed by atoms with Crippen LogP contribution in [0.25, 0.3) is 0 Å². The normalized spacial score (nSPS) is 34.8. The van der Waals surface area contributed by atoms with Crippen LogP contribution in [0.5, 0.6) is 0 Å². The molecule has 0 aromatic heterocycles. The standard InChI is InChI=1S/C17H23BrN2/c18-14-3-1-13(2-4-14)16-11-19-9-7-17(16)8-10-20(12-17)15-5-6-15/h1-4,15-16,19H,5-12H2. The zero-order chi connectivity index (χ0) is 13.6. The van der Waals surface area contributed by atoms with Gasteiger partial charge in [-0.1, -0.05) is 28.1 Å². The Morgan fingerprint density at radius 3 is 2.70 bits per heavy atom. The summed E-state index contributed by atoms with van der Waals surface area (Å²) in [6.45, 7) is 5.02. The van der Waals surface area contributed by atoms with Crippen molar-refractivity contribution in [1.29, 1.82) is 0 Å². The molecule has 2 aliphatic heterocycles. The van der Waals surface area contributed by atoms with Crippen molar-refractivity contribution in [2.45, 2.75) is 37.6 Å². The number of nitrogens with one attached hydrogen (secondary N) is 1. The molecule has 1 saturated carbocycles. The van der Waals surface area contributed by atoms with E-state index in [1.807, 2.05) is 0 Å². The molecule has 2 saturated heterocycles. The highest BCUT2D eigenvalue weighted by atomic mass is 79.9. The maximum Gasteiger partial charge on any atom is 0.0175 e. The molecule has 0 bridgehead atoms. The molecule has 4 rings (SSSR count). The summed E-state index contributed by atoms with van der Waals surface area (Å²) in [7, 11) is 0. The van der Waals surface area contributed by atoms with Crippen molar-refractivity contribution in [3.8, 4) is 0 Å². The lowest BCUT2D eigenvalue weighted by molar-refractivity contribution is 0.160. The van der Waals surface area contributed by atoms with Gasteiger partial charge in [-0.3, -0.25) is 4.90 Å². The fourth-order valence-electron chi connectivity index (χ4n) is 4.31. The molecular formula is C17H23BrN2. The number of halogens is 1. The monoisotopic (exact) mass is 334 g/mol. The van der Waals surface area contributed by atoms with Gasteiger partial charge in [0.05, 0.1) is 0 Å². The summed E-state index contributed by atoms with van der Waals surface area (Å²) in [5.74, 6) is 0.688. The van der Waals surface area contributed by atoms with Crippen LogP contribution in [0.1, 0.15) is 37.2 Å². The third kappa shape index (κ3) is 2.34. The van der Waals surface area contributed by atoms with Gasteiger partial charge in [0.15, 0.2) is 0 Å². The van der Waals surface area contributed by atoms with Crippen molar-refractivity contribution in [1.82, 2.24) is 10.2 Å². The van der Waals surface area contributed by atoms with E-state index in [2.05, 4.69) is 50.4 Å². The van der Waals surface area contributed by atoms with Gasteiger partial charge < -0.3 is 5.32 Å². The Bertz CT molecular complexity index is 482. The van der Waals surface area contributed by atoms with E-state index in [-0.39, 0.29) is 0 Å². The summed E-state index contributed by atoms with van der Waals surface area (Å²) < 4.78 is 1.19. The van der Waals surface area contributed by atoms with E-state index in [0.29, 0.717) is 11.3 Å². The van der Waals surface area contributed by atoms with E-state index in [1.54, 1.807) is 0 Å². The molecule has 1 N–H and O–H groups in total. The van der Waals surface area contributed by atoms with Crippen molar-refractivity contribution in [3.05, 3.63) is 34.3 Å². The molecule has 108 valence electrons. The first kappa shape index (κ1) is 13.3. The average Bonchev–Trinajstić information content (AvgIpc) is 3.24. The van der Waals surface area contributed by atoms with E-state index < -0.39 is 0 Å². The molecule has 3 aliphatic rings. The topological polar surface area (TPSA) is 15.3 Å². The Kier molecular flexibility index (Phi) is 3.40. The number of benzene rings is 1. The second-order valence-corrected chi connectivity index (χ2v) is 7.79. The Balaban J connectivity index is 1.60. The van der Waals surface area contributed by atoms with Crippen LogP contribution in [0.2, 0.25) is 0 Å². The highest BCUT2D eigenvalue weighted by molar-refractivity contribution is 9.10. The van der Waals surface area contributed by atoms with Crippen LogP contribution >= 0.6 is 15.9 Å². The van der Waals surface area contributed by atoms with Crippen LogP contribution < -0.4 is 5.32 Å². The van der Waals surface area contributed by atoms with Gasteiger partial charge in [0.1, 0.15) is 0 Å². The third-order valence-corrected chi connectivity index (χ3v) is 6.17. The molecule has 20 heavy (non-hydrogen) atoms. The van der Waals surface area contributed by atoms with Gasteiger partial charge in [-0.2, -0.15) is 0 Å². The smallest absolute Gasteiger partial charge is 0.0175 e. The molecule has 3 heteroatoms. The van der Waals surface area contributed by atoms with Crippen LogP contribution in [0.3, 0.4) is 0 Å². The van der Waals surface area contributed by atoms with Crippen LogP contribution in [0.15, 0.2) is 28.7 Å². The van der Waals surface area contributed by atoms with E-state index in [1.165, 1.54) is 55.4 Å². The van der Waals surface area contributed by atoms with Gasteiger partial charge in [0, 0.05) is 29.5 Å². The first-order valence-corrected chi connectivity index (χ1v) is 8.76. The summed E-state index contributed by atoms with van der Waals surface area (Å²) in [5.41, 5.74) is 2.06. The molecule has 0 radical (unpaired) electrons.